The van der Waals surface area contributed by atoms with E-state index < -0.39 is 5.92 Å². The number of benzene rings is 1. The zero-order chi connectivity index (χ0) is 18.7. The minimum absolute atomic E-state index is 0.0116. The van der Waals surface area contributed by atoms with E-state index in [9.17, 15) is 10.1 Å². The van der Waals surface area contributed by atoms with E-state index in [1.165, 1.54) is 7.11 Å². The fourth-order valence-corrected chi connectivity index (χ4v) is 3.32. The summed E-state index contributed by atoms with van der Waals surface area (Å²) in [6.45, 7) is 3.97. The lowest BCUT2D eigenvalue weighted by Gasteiger charge is -2.31. The summed E-state index contributed by atoms with van der Waals surface area (Å²) < 4.78 is 16.6. The molecule has 0 amide bonds. The molecule has 6 nitrogen and oxygen atoms in total. The molecule has 0 unspecified atom stereocenters. The number of nitriles is 1. The van der Waals surface area contributed by atoms with Gasteiger partial charge in [-0.1, -0.05) is 18.7 Å². The van der Waals surface area contributed by atoms with Crippen molar-refractivity contribution < 1.29 is 19.0 Å². The van der Waals surface area contributed by atoms with Crippen LogP contribution in [0.25, 0.3) is 0 Å². The molecule has 1 aliphatic heterocycles. The molecule has 0 aromatic heterocycles. The van der Waals surface area contributed by atoms with E-state index in [-0.39, 0.29) is 17.2 Å². The van der Waals surface area contributed by atoms with Gasteiger partial charge in [-0.3, -0.25) is 4.79 Å². The Bertz CT molecular complexity index is 861. The number of ketones is 1. The highest BCUT2D eigenvalue weighted by Crippen LogP contribution is 2.44. The number of hydrogen-bond acceptors (Lipinski definition) is 6. The van der Waals surface area contributed by atoms with Gasteiger partial charge < -0.3 is 19.9 Å². The summed E-state index contributed by atoms with van der Waals surface area (Å²) in [6, 6.07) is 7.44. The number of nitrogens with two attached hydrogens (primary N) is 1. The van der Waals surface area contributed by atoms with Gasteiger partial charge in [0.15, 0.2) is 17.3 Å². The fraction of sp³-hybridized carbons (Fsp3) is 0.300. The topological polar surface area (TPSA) is 94.6 Å². The third kappa shape index (κ3) is 3.04. The van der Waals surface area contributed by atoms with E-state index in [0.29, 0.717) is 42.3 Å². The molecule has 1 heterocycles. The van der Waals surface area contributed by atoms with Gasteiger partial charge in [0, 0.05) is 18.4 Å². The Morgan fingerprint density at radius 3 is 2.92 bits per heavy atom. The summed E-state index contributed by atoms with van der Waals surface area (Å²) in [5.74, 6) is 1.12. The van der Waals surface area contributed by atoms with E-state index in [1.54, 1.807) is 18.2 Å². The minimum Gasteiger partial charge on any atom is -0.493 e. The van der Waals surface area contributed by atoms with Gasteiger partial charge in [0.1, 0.15) is 24.0 Å². The largest absolute Gasteiger partial charge is 0.493 e. The van der Waals surface area contributed by atoms with E-state index in [2.05, 4.69) is 12.6 Å². The van der Waals surface area contributed by atoms with E-state index >= 15 is 0 Å². The molecule has 3 rings (SSSR count). The van der Waals surface area contributed by atoms with Gasteiger partial charge in [0.2, 0.25) is 5.88 Å². The molecule has 0 fully saturated rings. The Hall–Kier alpha value is -3.20. The first-order valence-electron chi connectivity index (χ1n) is 8.36. The van der Waals surface area contributed by atoms with Gasteiger partial charge >= 0.3 is 0 Å². The van der Waals surface area contributed by atoms with E-state index in [0.717, 1.165) is 12.0 Å². The lowest BCUT2D eigenvalue weighted by molar-refractivity contribution is -0.116. The van der Waals surface area contributed by atoms with Crippen LogP contribution in [-0.2, 0) is 9.53 Å². The van der Waals surface area contributed by atoms with Crippen molar-refractivity contribution in [3.05, 3.63) is 59.2 Å². The van der Waals surface area contributed by atoms with Crippen molar-refractivity contribution in [3.63, 3.8) is 0 Å². The third-order valence-corrected chi connectivity index (χ3v) is 4.48. The quantitative estimate of drug-likeness (QED) is 0.818. The number of hydrogen-bond donors (Lipinski definition) is 1. The predicted molar refractivity (Wildman–Crippen MR) is 95.2 cm³/mol. The first-order valence-corrected chi connectivity index (χ1v) is 8.36. The second kappa shape index (κ2) is 7.36. The molecule has 1 atom stereocenters. The zero-order valence-corrected chi connectivity index (χ0v) is 14.6. The van der Waals surface area contributed by atoms with Crippen LogP contribution in [0.15, 0.2) is 53.6 Å². The van der Waals surface area contributed by atoms with Gasteiger partial charge in [0.05, 0.1) is 13.0 Å². The number of ether oxygens (including phenoxy) is 3. The summed E-state index contributed by atoms with van der Waals surface area (Å²) in [4.78, 5) is 12.6. The molecule has 134 valence electrons. The SMILES string of the molecule is C=CCOc1ccc([C@@H]2C(C#N)=C(N)OC3=C2C(=O)CCC3)cc1OC. The summed E-state index contributed by atoms with van der Waals surface area (Å²) >= 11 is 0. The predicted octanol–water partition coefficient (Wildman–Crippen LogP) is 3.07. The smallest absolute Gasteiger partial charge is 0.205 e. The van der Waals surface area contributed by atoms with E-state index in [4.69, 9.17) is 19.9 Å². The summed E-state index contributed by atoms with van der Waals surface area (Å²) in [5.41, 5.74) is 7.45. The molecule has 1 aliphatic carbocycles. The normalized spacial score (nSPS) is 19.4. The molecular weight excluding hydrogens is 332 g/mol. The highest BCUT2D eigenvalue weighted by atomic mass is 16.5. The van der Waals surface area contributed by atoms with Gasteiger partial charge in [-0.15, -0.1) is 0 Å². The highest BCUT2D eigenvalue weighted by molar-refractivity contribution is 5.99. The van der Waals surface area contributed by atoms with Crippen LogP contribution in [0.2, 0.25) is 0 Å². The lowest BCUT2D eigenvalue weighted by atomic mass is 9.77. The lowest BCUT2D eigenvalue weighted by Crippen LogP contribution is -2.27. The summed E-state index contributed by atoms with van der Waals surface area (Å²) in [5, 5.41) is 9.60. The van der Waals surface area contributed by atoms with Crippen molar-refractivity contribution >= 4 is 5.78 Å². The Kier molecular flexibility index (Phi) is 4.99. The first kappa shape index (κ1) is 17.6. The van der Waals surface area contributed by atoms with Crippen LogP contribution < -0.4 is 15.2 Å². The van der Waals surface area contributed by atoms with Gasteiger partial charge in [0.25, 0.3) is 0 Å². The van der Waals surface area contributed by atoms with Crippen molar-refractivity contribution in [2.75, 3.05) is 13.7 Å². The number of carbonyl (C=O) groups is 1. The minimum atomic E-state index is -0.557. The van der Waals surface area contributed by atoms with Crippen LogP contribution in [0.1, 0.15) is 30.7 Å². The second-order valence-corrected chi connectivity index (χ2v) is 6.05. The monoisotopic (exact) mass is 352 g/mol. The van der Waals surface area contributed by atoms with Crippen molar-refractivity contribution in [2.45, 2.75) is 25.2 Å². The highest BCUT2D eigenvalue weighted by Gasteiger charge is 2.38. The Labute approximate surface area is 152 Å². The number of methoxy groups -OCH3 is 1. The molecule has 26 heavy (non-hydrogen) atoms. The van der Waals surface area contributed by atoms with Crippen LogP contribution in [0.4, 0.5) is 0 Å². The summed E-state index contributed by atoms with van der Waals surface area (Å²) in [7, 11) is 1.54. The maximum Gasteiger partial charge on any atom is 0.205 e. The molecule has 1 aromatic rings. The van der Waals surface area contributed by atoms with Crippen LogP contribution in [0.3, 0.4) is 0 Å². The van der Waals surface area contributed by atoms with Crippen LogP contribution in [0, 0.1) is 11.3 Å². The molecule has 6 heteroatoms. The number of carbonyl (C=O) groups excluding carboxylic acids is 1. The molecule has 2 aliphatic rings. The van der Waals surface area contributed by atoms with Crippen molar-refractivity contribution in [1.29, 1.82) is 5.26 Å². The molecule has 0 bridgehead atoms. The maximum absolute atomic E-state index is 12.6. The van der Waals surface area contributed by atoms with Gasteiger partial charge in [-0.25, -0.2) is 0 Å². The molecule has 0 saturated carbocycles. The molecule has 1 aromatic carbocycles. The van der Waals surface area contributed by atoms with Crippen LogP contribution >= 0.6 is 0 Å². The molecular formula is C20H20N2O4. The molecule has 2 N–H and O–H groups in total. The Morgan fingerprint density at radius 1 is 1.42 bits per heavy atom. The first-order chi connectivity index (χ1) is 12.6. The fourth-order valence-electron chi connectivity index (χ4n) is 3.32. The average Bonchev–Trinajstić information content (AvgIpc) is 2.65. The number of allylic oxidation sites excluding steroid dienone is 3. The summed E-state index contributed by atoms with van der Waals surface area (Å²) in [6.07, 6.45) is 3.43. The molecule has 0 saturated heterocycles. The Morgan fingerprint density at radius 2 is 2.23 bits per heavy atom. The van der Waals surface area contributed by atoms with Crippen LogP contribution in [-0.4, -0.2) is 19.5 Å². The van der Waals surface area contributed by atoms with Gasteiger partial charge in [-0.2, -0.15) is 5.26 Å². The molecule has 0 spiro atoms. The number of rotatable bonds is 5. The standard InChI is InChI=1S/C20H20N2O4/c1-3-9-25-15-8-7-12(10-17(15)24-2)18-13(11-21)20(22)26-16-6-4-5-14(23)19(16)18/h3,7-8,10,18H,1,4-6,9,22H2,2H3/t18-/m1/s1. The van der Waals surface area contributed by atoms with Crippen molar-refractivity contribution in [1.82, 2.24) is 0 Å². The zero-order valence-electron chi connectivity index (χ0n) is 14.6. The van der Waals surface area contributed by atoms with Crippen LogP contribution in [0.5, 0.6) is 11.5 Å². The number of Topliss-reactive ketones (excluding diaryl/α,β-unsaturated/α-hetero) is 1. The Balaban J connectivity index is 2.10. The van der Waals surface area contributed by atoms with E-state index in [1.807, 2.05) is 6.07 Å². The number of nitrogens with zero attached hydrogens (tertiary/aromatic N) is 1. The second-order valence-electron chi connectivity index (χ2n) is 6.05. The maximum atomic E-state index is 12.6. The van der Waals surface area contributed by atoms with Crippen molar-refractivity contribution in [2.24, 2.45) is 5.73 Å². The average molecular weight is 352 g/mol. The third-order valence-electron chi connectivity index (χ3n) is 4.48. The van der Waals surface area contributed by atoms with Crippen molar-refractivity contribution in [3.8, 4) is 17.6 Å². The van der Waals surface area contributed by atoms with Gasteiger partial charge in [-0.05, 0) is 24.1 Å². The molecule has 0 radical (unpaired) electrons.